The molecule has 6 nitrogen and oxygen atoms in total. The first-order chi connectivity index (χ1) is 9.60. The van der Waals surface area contributed by atoms with Gasteiger partial charge in [-0.15, -0.1) is 12.4 Å². The molecular weight excluding hydrogens is 316 g/mol. The minimum Gasteiger partial charge on any atom is -0.454 e. The number of halogens is 1. The summed E-state index contributed by atoms with van der Waals surface area (Å²) in [5, 5.41) is 0. The number of hydrogen-bond acceptors (Lipinski definition) is 5. The summed E-state index contributed by atoms with van der Waals surface area (Å²) in [5.41, 5.74) is 5.68. The molecule has 0 saturated heterocycles. The highest BCUT2D eigenvalue weighted by Crippen LogP contribution is 2.34. The Morgan fingerprint density at radius 2 is 2.00 bits per heavy atom. The minimum atomic E-state index is -3.55. The number of benzene rings is 1. The average molecular weight is 335 g/mol. The van der Waals surface area contributed by atoms with Gasteiger partial charge in [-0.3, -0.25) is 0 Å². The summed E-state index contributed by atoms with van der Waals surface area (Å²) in [7, 11) is -3.55. The Hall–Kier alpha value is -1.02. The van der Waals surface area contributed by atoms with Gasteiger partial charge in [0.2, 0.25) is 16.8 Å². The number of nitrogens with two attached hydrogens (primary N) is 1. The highest BCUT2D eigenvalue weighted by Gasteiger charge is 2.31. The van der Waals surface area contributed by atoms with E-state index in [1.54, 1.807) is 6.07 Å². The van der Waals surface area contributed by atoms with Crippen LogP contribution in [0.1, 0.15) is 19.3 Å². The van der Waals surface area contributed by atoms with Crippen LogP contribution < -0.4 is 19.9 Å². The molecular formula is C13H19ClN2O4S. The number of nitrogens with one attached hydrogen (secondary N) is 1. The molecule has 0 radical (unpaired) electrons. The average Bonchev–Trinajstić information content (AvgIpc) is 3.05. The molecule has 0 aromatic heterocycles. The summed E-state index contributed by atoms with van der Waals surface area (Å²) in [4.78, 5) is 0.199. The fourth-order valence-electron chi connectivity index (χ4n) is 2.79. The molecule has 21 heavy (non-hydrogen) atoms. The predicted molar refractivity (Wildman–Crippen MR) is 80.3 cm³/mol. The molecule has 1 aliphatic heterocycles. The molecule has 1 aromatic carbocycles. The maximum absolute atomic E-state index is 12.4. The summed E-state index contributed by atoms with van der Waals surface area (Å²) >= 11 is 0. The first kappa shape index (κ1) is 16.4. The summed E-state index contributed by atoms with van der Waals surface area (Å²) < 4.78 is 38.0. The maximum atomic E-state index is 12.4. The zero-order valence-electron chi connectivity index (χ0n) is 11.4. The van der Waals surface area contributed by atoms with Crippen LogP contribution in [0.2, 0.25) is 0 Å². The van der Waals surface area contributed by atoms with E-state index in [1.807, 2.05) is 0 Å². The smallest absolute Gasteiger partial charge is 0.240 e. The molecule has 2 unspecified atom stereocenters. The van der Waals surface area contributed by atoms with Crippen molar-refractivity contribution in [2.24, 2.45) is 11.7 Å². The molecule has 8 heteroatoms. The molecule has 3 rings (SSSR count). The van der Waals surface area contributed by atoms with Crippen molar-refractivity contribution < 1.29 is 17.9 Å². The van der Waals surface area contributed by atoms with E-state index >= 15 is 0 Å². The first-order valence-electron chi connectivity index (χ1n) is 6.72. The van der Waals surface area contributed by atoms with E-state index in [1.165, 1.54) is 12.1 Å². The Morgan fingerprint density at radius 3 is 2.76 bits per heavy atom. The van der Waals surface area contributed by atoms with E-state index in [0.29, 0.717) is 18.0 Å². The number of sulfonamides is 1. The topological polar surface area (TPSA) is 90.7 Å². The Kier molecular flexibility index (Phi) is 4.98. The number of fused-ring (bicyclic) bond motifs is 1. The summed E-state index contributed by atoms with van der Waals surface area (Å²) in [6, 6.07) is 4.57. The lowest BCUT2D eigenvalue weighted by molar-refractivity contribution is 0.174. The van der Waals surface area contributed by atoms with E-state index in [0.717, 1.165) is 19.3 Å². The SMILES string of the molecule is Cl.NCC1CCCC1NS(=O)(=O)c1ccc2c(c1)OCO2. The molecule has 0 amide bonds. The van der Waals surface area contributed by atoms with Gasteiger partial charge in [-0.25, -0.2) is 13.1 Å². The molecule has 1 aromatic rings. The van der Waals surface area contributed by atoms with Gasteiger partial charge in [0.1, 0.15) is 0 Å². The van der Waals surface area contributed by atoms with E-state index in [4.69, 9.17) is 15.2 Å². The largest absolute Gasteiger partial charge is 0.454 e. The van der Waals surface area contributed by atoms with Gasteiger partial charge in [0.15, 0.2) is 11.5 Å². The second-order valence-electron chi connectivity index (χ2n) is 5.17. The Bertz CT molecular complexity index is 608. The van der Waals surface area contributed by atoms with Crippen LogP contribution in [0.4, 0.5) is 0 Å². The zero-order valence-corrected chi connectivity index (χ0v) is 13.1. The van der Waals surface area contributed by atoms with Crippen molar-refractivity contribution in [2.45, 2.75) is 30.2 Å². The molecule has 118 valence electrons. The second kappa shape index (κ2) is 6.39. The van der Waals surface area contributed by atoms with Crippen LogP contribution in [0.15, 0.2) is 23.1 Å². The van der Waals surface area contributed by atoms with E-state index in [-0.39, 0.29) is 36.1 Å². The van der Waals surface area contributed by atoms with Gasteiger partial charge in [-0.05, 0) is 37.4 Å². The number of hydrogen-bond donors (Lipinski definition) is 2. The van der Waals surface area contributed by atoms with Gasteiger partial charge in [-0.1, -0.05) is 6.42 Å². The van der Waals surface area contributed by atoms with Crippen molar-refractivity contribution in [3.05, 3.63) is 18.2 Å². The molecule has 2 aliphatic rings. The van der Waals surface area contributed by atoms with Gasteiger partial charge in [-0.2, -0.15) is 0 Å². The summed E-state index contributed by atoms with van der Waals surface area (Å²) in [6.07, 6.45) is 2.83. The van der Waals surface area contributed by atoms with Gasteiger partial charge in [0.25, 0.3) is 0 Å². The molecule has 0 bridgehead atoms. The highest BCUT2D eigenvalue weighted by molar-refractivity contribution is 7.89. The van der Waals surface area contributed by atoms with Crippen LogP contribution in [-0.2, 0) is 10.0 Å². The number of ether oxygens (including phenoxy) is 2. The van der Waals surface area contributed by atoms with Crippen LogP contribution in [0.3, 0.4) is 0 Å². The van der Waals surface area contributed by atoms with E-state index < -0.39 is 10.0 Å². The van der Waals surface area contributed by atoms with Crippen molar-refractivity contribution >= 4 is 22.4 Å². The van der Waals surface area contributed by atoms with Crippen molar-refractivity contribution in [3.8, 4) is 11.5 Å². The van der Waals surface area contributed by atoms with Gasteiger partial charge < -0.3 is 15.2 Å². The number of rotatable bonds is 4. The lowest BCUT2D eigenvalue weighted by Crippen LogP contribution is -2.39. The normalized spacial score (nSPS) is 23.9. The van der Waals surface area contributed by atoms with Crippen LogP contribution >= 0.6 is 12.4 Å². The third-order valence-corrected chi connectivity index (χ3v) is 5.41. The second-order valence-corrected chi connectivity index (χ2v) is 6.88. The Labute approximate surface area is 130 Å². The molecule has 1 heterocycles. The van der Waals surface area contributed by atoms with Crippen LogP contribution in [0, 0.1) is 5.92 Å². The van der Waals surface area contributed by atoms with Crippen molar-refractivity contribution in [1.29, 1.82) is 0 Å². The Balaban J connectivity index is 0.00000161. The summed E-state index contributed by atoms with van der Waals surface area (Å²) in [5.74, 6) is 1.26. The van der Waals surface area contributed by atoms with Crippen molar-refractivity contribution in [3.63, 3.8) is 0 Å². The highest BCUT2D eigenvalue weighted by atomic mass is 35.5. The van der Waals surface area contributed by atoms with E-state index in [9.17, 15) is 8.42 Å². The lowest BCUT2D eigenvalue weighted by Gasteiger charge is -2.19. The molecule has 0 spiro atoms. The van der Waals surface area contributed by atoms with Crippen molar-refractivity contribution in [1.82, 2.24) is 4.72 Å². The zero-order chi connectivity index (χ0) is 14.2. The Morgan fingerprint density at radius 1 is 1.24 bits per heavy atom. The van der Waals surface area contributed by atoms with Gasteiger partial charge in [0, 0.05) is 12.1 Å². The standard InChI is InChI=1S/C13H18N2O4S.ClH/c14-7-9-2-1-3-11(9)15-20(16,17)10-4-5-12-13(6-10)19-8-18-12;/h4-6,9,11,15H,1-3,7-8,14H2;1H. The quantitative estimate of drug-likeness (QED) is 0.864. The van der Waals surface area contributed by atoms with Crippen LogP contribution in [-0.4, -0.2) is 27.8 Å². The predicted octanol–water partition coefficient (Wildman–Crippen LogP) is 1.24. The first-order valence-corrected chi connectivity index (χ1v) is 8.20. The molecule has 1 aliphatic carbocycles. The van der Waals surface area contributed by atoms with Gasteiger partial charge >= 0.3 is 0 Å². The van der Waals surface area contributed by atoms with Crippen LogP contribution in [0.5, 0.6) is 11.5 Å². The fraction of sp³-hybridized carbons (Fsp3) is 0.538. The third-order valence-electron chi connectivity index (χ3n) is 3.92. The van der Waals surface area contributed by atoms with E-state index in [2.05, 4.69) is 4.72 Å². The lowest BCUT2D eigenvalue weighted by atomic mass is 10.1. The van der Waals surface area contributed by atoms with Crippen molar-refractivity contribution in [2.75, 3.05) is 13.3 Å². The maximum Gasteiger partial charge on any atom is 0.240 e. The summed E-state index contributed by atoms with van der Waals surface area (Å²) in [6.45, 7) is 0.637. The molecule has 1 saturated carbocycles. The molecule has 2 atom stereocenters. The van der Waals surface area contributed by atoms with Crippen LogP contribution in [0.25, 0.3) is 0 Å². The molecule has 3 N–H and O–H groups in total. The fourth-order valence-corrected chi connectivity index (χ4v) is 4.14. The minimum absolute atomic E-state index is 0. The molecule has 1 fully saturated rings. The third kappa shape index (κ3) is 3.26. The van der Waals surface area contributed by atoms with Gasteiger partial charge in [0.05, 0.1) is 4.90 Å². The monoisotopic (exact) mass is 334 g/mol.